The summed E-state index contributed by atoms with van der Waals surface area (Å²) in [4.78, 5) is 4.58. The van der Waals surface area contributed by atoms with E-state index >= 15 is 0 Å². The Hall–Kier alpha value is -1.41. The summed E-state index contributed by atoms with van der Waals surface area (Å²) in [6.45, 7) is 2.02. The molecule has 0 radical (unpaired) electrons. The summed E-state index contributed by atoms with van der Waals surface area (Å²) in [5.74, 6) is 0.956. The second-order valence-corrected chi connectivity index (χ2v) is 6.15. The van der Waals surface area contributed by atoms with Crippen LogP contribution in [0.5, 0.6) is 0 Å². The van der Waals surface area contributed by atoms with Crippen LogP contribution in [0.3, 0.4) is 0 Å². The van der Waals surface area contributed by atoms with Gasteiger partial charge in [-0.15, -0.1) is 0 Å². The molecule has 4 rings (SSSR count). The molecule has 2 aliphatic rings. The van der Waals surface area contributed by atoms with Crippen LogP contribution in [0.25, 0.3) is 10.9 Å². The van der Waals surface area contributed by atoms with Crippen LogP contribution >= 0.6 is 0 Å². The number of aromatic nitrogens is 1. The molecule has 2 nitrogen and oxygen atoms in total. The highest BCUT2D eigenvalue weighted by Crippen LogP contribution is 2.65. The van der Waals surface area contributed by atoms with Crippen LogP contribution in [-0.2, 0) is 5.60 Å². The van der Waals surface area contributed by atoms with Gasteiger partial charge >= 0.3 is 0 Å². The summed E-state index contributed by atoms with van der Waals surface area (Å²) in [5.41, 5.74) is 2.55. The Morgan fingerprint density at radius 3 is 2.58 bits per heavy atom. The van der Waals surface area contributed by atoms with Gasteiger partial charge in [-0.3, -0.25) is 4.98 Å². The van der Waals surface area contributed by atoms with E-state index in [0.717, 1.165) is 22.2 Å². The SMILES string of the molecule is Cc1cc(C2(O)C3CCCCC32)c2ccccc2n1. The summed E-state index contributed by atoms with van der Waals surface area (Å²) in [6.07, 6.45) is 4.89. The van der Waals surface area contributed by atoms with Crippen LogP contribution < -0.4 is 0 Å². The molecule has 0 aliphatic heterocycles. The Kier molecular flexibility index (Phi) is 2.28. The lowest BCUT2D eigenvalue weighted by Crippen LogP contribution is -2.12. The molecule has 2 heteroatoms. The molecule has 2 unspecified atom stereocenters. The Labute approximate surface area is 113 Å². The van der Waals surface area contributed by atoms with Crippen LogP contribution in [0, 0.1) is 18.8 Å². The van der Waals surface area contributed by atoms with Crippen molar-refractivity contribution in [1.29, 1.82) is 0 Å². The second kappa shape index (κ2) is 3.80. The van der Waals surface area contributed by atoms with Gasteiger partial charge in [0.2, 0.25) is 0 Å². The lowest BCUT2D eigenvalue weighted by molar-refractivity contribution is 0.119. The minimum absolute atomic E-state index is 0.478. The Bertz CT molecular complexity index is 637. The van der Waals surface area contributed by atoms with E-state index in [2.05, 4.69) is 17.1 Å². The first-order valence-corrected chi connectivity index (χ1v) is 7.30. The van der Waals surface area contributed by atoms with Crippen molar-refractivity contribution in [3.63, 3.8) is 0 Å². The molecular formula is C17H19NO. The van der Waals surface area contributed by atoms with Crippen LogP contribution in [0.2, 0.25) is 0 Å². The molecule has 2 atom stereocenters. The van der Waals surface area contributed by atoms with Crippen LogP contribution in [0.4, 0.5) is 0 Å². The molecule has 19 heavy (non-hydrogen) atoms. The highest BCUT2D eigenvalue weighted by Gasteiger charge is 2.65. The number of aryl methyl sites for hydroxylation is 1. The van der Waals surface area contributed by atoms with E-state index in [-0.39, 0.29) is 0 Å². The summed E-state index contributed by atoms with van der Waals surface area (Å²) >= 11 is 0. The van der Waals surface area contributed by atoms with Crippen LogP contribution in [0.15, 0.2) is 30.3 Å². The van der Waals surface area contributed by atoms with E-state index in [1.165, 1.54) is 25.7 Å². The number of nitrogens with zero attached hydrogens (tertiary/aromatic N) is 1. The molecule has 1 aromatic heterocycles. The quantitative estimate of drug-likeness (QED) is 0.843. The molecule has 98 valence electrons. The fraction of sp³-hybridized carbons (Fsp3) is 0.471. The molecule has 0 bridgehead atoms. The Morgan fingerprint density at radius 2 is 1.84 bits per heavy atom. The zero-order chi connectivity index (χ0) is 13.0. The molecule has 2 aromatic rings. The molecule has 1 aromatic carbocycles. The first-order chi connectivity index (χ1) is 9.21. The molecule has 2 fully saturated rings. The minimum atomic E-state index is -0.580. The van der Waals surface area contributed by atoms with Crippen molar-refractivity contribution in [3.05, 3.63) is 41.6 Å². The normalized spacial score (nSPS) is 33.2. The van der Waals surface area contributed by atoms with E-state index in [1.807, 2.05) is 25.1 Å². The number of rotatable bonds is 1. The third-order valence-corrected chi connectivity index (χ3v) is 5.06. The number of hydrogen-bond acceptors (Lipinski definition) is 2. The topological polar surface area (TPSA) is 33.1 Å². The van der Waals surface area contributed by atoms with Gasteiger partial charge in [0.05, 0.1) is 11.1 Å². The van der Waals surface area contributed by atoms with E-state index < -0.39 is 5.60 Å². The molecule has 0 amide bonds. The maximum Gasteiger partial charge on any atom is 0.0967 e. The van der Waals surface area contributed by atoms with E-state index in [9.17, 15) is 5.11 Å². The average molecular weight is 253 g/mol. The van der Waals surface area contributed by atoms with Gasteiger partial charge in [0.25, 0.3) is 0 Å². The standard InChI is InChI=1S/C17H19NO/c1-11-10-15(12-6-2-5-9-16(12)18-11)17(19)13-7-3-4-8-14(13)17/h2,5-6,9-10,13-14,19H,3-4,7-8H2,1H3. The van der Waals surface area contributed by atoms with Crippen molar-refractivity contribution >= 4 is 10.9 Å². The van der Waals surface area contributed by atoms with Crippen molar-refractivity contribution in [1.82, 2.24) is 4.98 Å². The monoisotopic (exact) mass is 253 g/mol. The highest BCUT2D eigenvalue weighted by atomic mass is 16.3. The lowest BCUT2D eigenvalue weighted by Gasteiger charge is -2.15. The first kappa shape index (κ1) is 11.4. The van der Waals surface area contributed by atoms with E-state index in [4.69, 9.17) is 0 Å². The maximum atomic E-state index is 11.2. The third-order valence-electron chi connectivity index (χ3n) is 5.06. The third kappa shape index (κ3) is 1.50. The molecular weight excluding hydrogens is 234 g/mol. The number of para-hydroxylation sites is 1. The zero-order valence-electron chi connectivity index (χ0n) is 11.3. The predicted octanol–water partition coefficient (Wildman–Crippen LogP) is 3.55. The van der Waals surface area contributed by atoms with Gasteiger partial charge in [0.15, 0.2) is 0 Å². The Morgan fingerprint density at radius 1 is 1.16 bits per heavy atom. The molecule has 1 heterocycles. The molecule has 2 aliphatic carbocycles. The average Bonchev–Trinajstić information content (AvgIpc) is 3.05. The number of benzene rings is 1. The summed E-state index contributed by atoms with van der Waals surface area (Å²) in [7, 11) is 0. The van der Waals surface area contributed by atoms with Crippen molar-refractivity contribution in [3.8, 4) is 0 Å². The summed E-state index contributed by atoms with van der Waals surface area (Å²) in [5, 5.41) is 12.3. The fourth-order valence-corrected chi connectivity index (χ4v) is 4.13. The molecule has 0 spiro atoms. The van der Waals surface area contributed by atoms with Crippen molar-refractivity contribution in [2.24, 2.45) is 11.8 Å². The van der Waals surface area contributed by atoms with Gasteiger partial charge in [-0.1, -0.05) is 31.0 Å². The number of fused-ring (bicyclic) bond motifs is 2. The lowest BCUT2D eigenvalue weighted by atomic mass is 9.98. The van der Waals surface area contributed by atoms with Crippen molar-refractivity contribution in [2.75, 3.05) is 0 Å². The molecule has 2 saturated carbocycles. The molecule has 1 N–H and O–H groups in total. The number of pyridine rings is 1. The fourth-order valence-electron chi connectivity index (χ4n) is 4.13. The highest BCUT2D eigenvalue weighted by molar-refractivity contribution is 5.84. The van der Waals surface area contributed by atoms with Gasteiger partial charge in [-0.25, -0.2) is 0 Å². The summed E-state index contributed by atoms with van der Waals surface area (Å²) in [6, 6.07) is 10.3. The number of hydrogen-bond donors (Lipinski definition) is 1. The predicted molar refractivity (Wildman–Crippen MR) is 75.8 cm³/mol. The van der Waals surface area contributed by atoms with Crippen molar-refractivity contribution < 1.29 is 5.11 Å². The van der Waals surface area contributed by atoms with E-state index in [1.54, 1.807) is 0 Å². The van der Waals surface area contributed by atoms with Crippen LogP contribution in [0.1, 0.15) is 36.9 Å². The van der Waals surface area contributed by atoms with Crippen molar-refractivity contribution in [2.45, 2.75) is 38.2 Å². The van der Waals surface area contributed by atoms with Gasteiger partial charge in [0.1, 0.15) is 0 Å². The zero-order valence-corrected chi connectivity index (χ0v) is 11.3. The van der Waals surface area contributed by atoms with E-state index in [0.29, 0.717) is 11.8 Å². The molecule has 0 saturated heterocycles. The van der Waals surface area contributed by atoms with Gasteiger partial charge < -0.3 is 5.11 Å². The summed E-state index contributed by atoms with van der Waals surface area (Å²) < 4.78 is 0. The maximum absolute atomic E-state index is 11.2. The number of aliphatic hydroxyl groups is 1. The van der Waals surface area contributed by atoms with Gasteiger partial charge in [-0.2, -0.15) is 0 Å². The van der Waals surface area contributed by atoms with Gasteiger partial charge in [-0.05, 0) is 49.3 Å². The largest absolute Gasteiger partial charge is 0.385 e. The minimum Gasteiger partial charge on any atom is -0.385 e. The van der Waals surface area contributed by atoms with Gasteiger partial charge in [0, 0.05) is 11.1 Å². The first-order valence-electron chi connectivity index (χ1n) is 7.30. The Balaban J connectivity index is 1.92. The smallest absolute Gasteiger partial charge is 0.0967 e. The second-order valence-electron chi connectivity index (χ2n) is 6.15. The van der Waals surface area contributed by atoms with Crippen LogP contribution in [-0.4, -0.2) is 10.1 Å².